The quantitative estimate of drug-likeness (QED) is 0.801. The highest BCUT2D eigenvalue weighted by Crippen LogP contribution is 2.35. The van der Waals surface area contributed by atoms with Gasteiger partial charge in [0.25, 0.3) is 5.91 Å². The predicted molar refractivity (Wildman–Crippen MR) is 79.3 cm³/mol. The second-order valence-corrected chi connectivity index (χ2v) is 5.33. The largest absolute Gasteiger partial charge is 0.487 e. The number of aryl methyl sites for hydroxylation is 1. The van der Waals surface area contributed by atoms with E-state index in [1.54, 1.807) is 17.0 Å². The average Bonchev–Trinajstić information content (AvgIpc) is 2.46. The summed E-state index contributed by atoms with van der Waals surface area (Å²) in [6.07, 6.45) is -0.0993. The number of hydrogen-bond donors (Lipinski definition) is 0. The molecule has 1 heterocycles. The van der Waals surface area contributed by atoms with E-state index in [4.69, 9.17) is 4.74 Å². The predicted octanol–water partition coefficient (Wildman–Crippen LogP) is 3.56. The molecule has 3 nitrogen and oxygen atoms in total. The van der Waals surface area contributed by atoms with Gasteiger partial charge < -0.3 is 9.64 Å². The number of amides is 1. The van der Waals surface area contributed by atoms with E-state index in [0.717, 1.165) is 11.3 Å². The molecule has 1 aliphatic heterocycles. The first-order valence-electron chi connectivity index (χ1n) is 6.89. The zero-order valence-corrected chi connectivity index (χ0v) is 12.0. The first-order valence-corrected chi connectivity index (χ1v) is 6.89. The number of rotatable bonds is 1. The third kappa shape index (κ3) is 2.61. The van der Waals surface area contributed by atoms with Crippen LogP contribution in [0.4, 0.5) is 10.1 Å². The van der Waals surface area contributed by atoms with Crippen molar-refractivity contribution in [2.75, 3.05) is 11.4 Å². The van der Waals surface area contributed by atoms with Crippen molar-refractivity contribution in [3.05, 3.63) is 59.4 Å². The van der Waals surface area contributed by atoms with Gasteiger partial charge in [-0.3, -0.25) is 4.79 Å². The molecule has 0 spiro atoms. The fourth-order valence-corrected chi connectivity index (χ4v) is 2.52. The number of benzene rings is 2. The number of halogens is 1. The van der Waals surface area contributed by atoms with E-state index >= 15 is 0 Å². The summed E-state index contributed by atoms with van der Waals surface area (Å²) in [4.78, 5) is 14.3. The minimum atomic E-state index is -0.411. The van der Waals surface area contributed by atoms with Crippen LogP contribution in [0, 0.1) is 12.7 Å². The van der Waals surface area contributed by atoms with Gasteiger partial charge in [-0.25, -0.2) is 4.39 Å². The van der Waals surface area contributed by atoms with Gasteiger partial charge in [-0.05, 0) is 49.7 Å². The molecule has 0 N–H and O–H groups in total. The summed E-state index contributed by atoms with van der Waals surface area (Å²) in [5.74, 6) is 0.0622. The van der Waals surface area contributed by atoms with Crippen LogP contribution in [0.5, 0.6) is 5.75 Å². The number of fused-ring (bicyclic) bond motifs is 1. The lowest BCUT2D eigenvalue weighted by molar-refractivity contribution is 0.0960. The SMILES string of the molecule is Cc1ccc2c(c1)N(C(=O)c1cccc(F)c1)C[C@@H](C)O2. The Kier molecular flexibility index (Phi) is 3.37. The maximum absolute atomic E-state index is 13.3. The van der Waals surface area contributed by atoms with Crippen LogP contribution in [-0.4, -0.2) is 18.6 Å². The van der Waals surface area contributed by atoms with Crippen molar-refractivity contribution in [2.24, 2.45) is 0 Å². The standard InChI is InChI=1S/C17H16FNO2/c1-11-6-7-16-15(8-11)19(10-12(2)21-16)17(20)13-4-3-5-14(18)9-13/h3-9,12H,10H2,1-2H3/t12-/m1/s1. The second-order valence-electron chi connectivity index (χ2n) is 5.33. The topological polar surface area (TPSA) is 29.5 Å². The third-order valence-electron chi connectivity index (χ3n) is 3.49. The molecule has 1 atom stereocenters. The van der Waals surface area contributed by atoms with E-state index in [1.165, 1.54) is 12.1 Å². The molecule has 21 heavy (non-hydrogen) atoms. The lowest BCUT2D eigenvalue weighted by atomic mass is 10.1. The number of carbonyl (C=O) groups excluding carboxylic acids is 1. The van der Waals surface area contributed by atoms with E-state index < -0.39 is 5.82 Å². The van der Waals surface area contributed by atoms with E-state index in [0.29, 0.717) is 17.9 Å². The maximum atomic E-state index is 13.3. The summed E-state index contributed by atoms with van der Waals surface area (Å²) in [5, 5.41) is 0. The Hall–Kier alpha value is -2.36. The van der Waals surface area contributed by atoms with Gasteiger partial charge in [0.05, 0.1) is 12.2 Å². The smallest absolute Gasteiger partial charge is 0.258 e. The highest BCUT2D eigenvalue weighted by Gasteiger charge is 2.28. The van der Waals surface area contributed by atoms with Gasteiger partial charge in [-0.2, -0.15) is 0 Å². The van der Waals surface area contributed by atoms with Gasteiger partial charge in [-0.1, -0.05) is 12.1 Å². The van der Waals surface area contributed by atoms with Crippen molar-refractivity contribution in [3.8, 4) is 5.75 Å². The molecule has 0 saturated heterocycles. The molecule has 2 aromatic rings. The summed E-state index contributed by atoms with van der Waals surface area (Å²) in [6.45, 7) is 4.32. The molecular formula is C17H16FNO2. The lowest BCUT2D eigenvalue weighted by Crippen LogP contribution is -2.42. The van der Waals surface area contributed by atoms with Gasteiger partial charge in [0, 0.05) is 5.56 Å². The highest BCUT2D eigenvalue weighted by atomic mass is 19.1. The zero-order chi connectivity index (χ0) is 15.0. The lowest BCUT2D eigenvalue weighted by Gasteiger charge is -2.33. The summed E-state index contributed by atoms with van der Waals surface area (Å²) in [7, 11) is 0. The Balaban J connectivity index is 2.02. The Bertz CT molecular complexity index is 699. The Morgan fingerprint density at radius 2 is 2.10 bits per heavy atom. The van der Waals surface area contributed by atoms with Crippen LogP contribution in [0.3, 0.4) is 0 Å². The van der Waals surface area contributed by atoms with Crippen LogP contribution >= 0.6 is 0 Å². The average molecular weight is 285 g/mol. The molecule has 0 fully saturated rings. The fraction of sp³-hybridized carbons (Fsp3) is 0.235. The van der Waals surface area contributed by atoms with E-state index in [9.17, 15) is 9.18 Å². The zero-order valence-electron chi connectivity index (χ0n) is 12.0. The Morgan fingerprint density at radius 1 is 1.29 bits per heavy atom. The summed E-state index contributed by atoms with van der Waals surface area (Å²) < 4.78 is 19.1. The summed E-state index contributed by atoms with van der Waals surface area (Å²) in [5.41, 5.74) is 2.13. The van der Waals surface area contributed by atoms with E-state index in [2.05, 4.69) is 0 Å². The molecule has 0 aromatic heterocycles. The molecule has 0 unspecified atom stereocenters. The second kappa shape index (κ2) is 5.20. The fourth-order valence-electron chi connectivity index (χ4n) is 2.52. The number of anilines is 1. The number of nitrogens with zero attached hydrogens (tertiary/aromatic N) is 1. The van der Waals surface area contributed by atoms with Crippen LogP contribution in [-0.2, 0) is 0 Å². The molecule has 0 radical (unpaired) electrons. The molecule has 0 bridgehead atoms. The van der Waals surface area contributed by atoms with Crippen molar-refractivity contribution < 1.29 is 13.9 Å². The Labute approximate surface area is 123 Å². The van der Waals surface area contributed by atoms with Crippen molar-refractivity contribution in [2.45, 2.75) is 20.0 Å². The monoisotopic (exact) mass is 285 g/mol. The summed E-state index contributed by atoms with van der Waals surface area (Å²) >= 11 is 0. The van der Waals surface area contributed by atoms with Crippen molar-refractivity contribution >= 4 is 11.6 Å². The van der Waals surface area contributed by atoms with Crippen molar-refractivity contribution in [1.82, 2.24) is 0 Å². The molecule has 4 heteroatoms. The van der Waals surface area contributed by atoms with Gasteiger partial charge in [0.2, 0.25) is 0 Å². The van der Waals surface area contributed by atoms with Crippen LogP contribution < -0.4 is 9.64 Å². The molecule has 0 saturated carbocycles. The van der Waals surface area contributed by atoms with Crippen molar-refractivity contribution in [1.29, 1.82) is 0 Å². The number of hydrogen-bond acceptors (Lipinski definition) is 2. The minimum absolute atomic E-state index is 0.0993. The molecule has 108 valence electrons. The van der Waals surface area contributed by atoms with Crippen LogP contribution in [0.15, 0.2) is 42.5 Å². The molecule has 0 aliphatic carbocycles. The first kappa shape index (κ1) is 13.6. The normalized spacial score (nSPS) is 17.1. The number of carbonyl (C=O) groups is 1. The van der Waals surface area contributed by atoms with Crippen LogP contribution in [0.1, 0.15) is 22.8 Å². The van der Waals surface area contributed by atoms with E-state index in [-0.39, 0.29) is 12.0 Å². The Morgan fingerprint density at radius 3 is 2.86 bits per heavy atom. The van der Waals surface area contributed by atoms with Crippen molar-refractivity contribution in [3.63, 3.8) is 0 Å². The van der Waals surface area contributed by atoms with Gasteiger partial charge >= 0.3 is 0 Å². The van der Waals surface area contributed by atoms with Gasteiger partial charge in [0.1, 0.15) is 17.7 Å². The molecule has 1 aliphatic rings. The molecule has 3 rings (SSSR count). The molecular weight excluding hydrogens is 269 g/mol. The maximum Gasteiger partial charge on any atom is 0.258 e. The highest BCUT2D eigenvalue weighted by molar-refractivity contribution is 6.07. The minimum Gasteiger partial charge on any atom is -0.487 e. The van der Waals surface area contributed by atoms with Crippen LogP contribution in [0.25, 0.3) is 0 Å². The van der Waals surface area contributed by atoms with Gasteiger partial charge in [-0.15, -0.1) is 0 Å². The van der Waals surface area contributed by atoms with Crippen LogP contribution in [0.2, 0.25) is 0 Å². The molecule has 1 amide bonds. The van der Waals surface area contributed by atoms with E-state index in [1.807, 2.05) is 32.0 Å². The summed E-state index contributed by atoms with van der Waals surface area (Å²) in [6, 6.07) is 11.5. The number of ether oxygens (including phenoxy) is 1. The molecule has 2 aromatic carbocycles. The third-order valence-corrected chi connectivity index (χ3v) is 3.49. The van der Waals surface area contributed by atoms with Gasteiger partial charge in [0.15, 0.2) is 0 Å². The first-order chi connectivity index (χ1) is 10.0.